The predicted octanol–water partition coefficient (Wildman–Crippen LogP) is 3.72. The first-order valence-corrected chi connectivity index (χ1v) is 15.7. The van der Waals surface area contributed by atoms with Crippen LogP contribution in [0.4, 0.5) is 22.7 Å². The minimum Gasteiger partial charge on any atom is -0.505 e. The summed E-state index contributed by atoms with van der Waals surface area (Å²) in [5.74, 6) is -3.78. The normalized spacial score (nSPS) is 12.0. The molecule has 5 rings (SSSR count). The van der Waals surface area contributed by atoms with E-state index in [1.165, 1.54) is 48.5 Å². The average molecular weight is 766 g/mol. The van der Waals surface area contributed by atoms with Crippen LogP contribution in [0, 0.1) is 0 Å². The first-order valence-electron chi connectivity index (χ1n) is 12.9. The molecule has 0 saturated heterocycles. The molecule has 20 N–H and O–H groups in total. The van der Waals surface area contributed by atoms with Crippen molar-refractivity contribution in [3.63, 3.8) is 0 Å². The summed E-state index contributed by atoms with van der Waals surface area (Å²) in [5.41, 5.74) is -3.20. The molecule has 0 amide bonds. The molecule has 25 heteroatoms. The third-order valence-corrected chi connectivity index (χ3v) is 8.03. The number of nitrogens with one attached hydrogen (secondary N) is 2. The summed E-state index contributed by atoms with van der Waals surface area (Å²) in [7, 11) is -10.2. The molecule has 0 aliphatic heterocycles. The SMILES string of the molecule is N.N.N.N.O=C(O)c1ccccc1N=Nc1c(S(=O)(=O)O)cc2cc(S(=O)(=O)O)cc(N=c3[nH]c(O)nc(=Nc4ccccc4C(=O)O)[nH]3)c2c1O. The predicted molar refractivity (Wildman–Crippen MR) is 181 cm³/mol. The van der Waals surface area contributed by atoms with Gasteiger partial charge in [0.05, 0.1) is 32.8 Å². The van der Waals surface area contributed by atoms with Gasteiger partial charge in [0, 0.05) is 0 Å². The second-order valence-corrected chi connectivity index (χ2v) is 12.3. The second kappa shape index (κ2) is 16.5. The highest BCUT2D eigenvalue weighted by Crippen LogP contribution is 2.46. The summed E-state index contributed by atoms with van der Waals surface area (Å²) in [6, 6.07) is 12.1. The molecule has 0 atom stereocenters. The van der Waals surface area contributed by atoms with Crippen molar-refractivity contribution in [3.8, 4) is 11.8 Å². The number of aromatic hydroxyl groups is 2. The molecule has 0 bridgehead atoms. The van der Waals surface area contributed by atoms with Crippen molar-refractivity contribution < 1.29 is 56.0 Å². The van der Waals surface area contributed by atoms with Gasteiger partial charge in [-0.05, 0) is 47.9 Å². The Morgan fingerprint density at radius 1 is 0.673 bits per heavy atom. The second-order valence-electron chi connectivity index (χ2n) is 9.49. The third-order valence-electron chi connectivity index (χ3n) is 6.34. The molecule has 5 aromatic rings. The van der Waals surface area contributed by atoms with Gasteiger partial charge in [-0.15, -0.1) is 10.2 Å². The van der Waals surface area contributed by atoms with Crippen LogP contribution in [-0.2, 0) is 20.2 Å². The molecular weight excluding hydrogens is 734 g/mol. The standard InChI is InChI=1S/C27H19N7O12S2.4H3N/c35-22-20-12(10-19(48(44,45)46)21(22)34-33-17-8-4-2-6-15(17)24(38)39)9-13(47(41,42)43)11-18(20)29-26-30-25(31-27(40)32-26)28-16-7-3-1-5-14(16)23(36)37;;;;/h1-11,35H,(H,36,37)(H,38,39)(H,41,42,43)(H,44,45,46)(H3,28,29,30,31,32,40);4*1H3. The van der Waals surface area contributed by atoms with Gasteiger partial charge in [-0.1, -0.05) is 24.3 Å². The van der Waals surface area contributed by atoms with Gasteiger partial charge >= 0.3 is 11.9 Å². The quantitative estimate of drug-likeness (QED) is 0.0790. The number of azo groups is 1. The molecule has 0 aliphatic carbocycles. The number of rotatable bonds is 8. The number of aromatic nitrogens is 3. The molecule has 0 unspecified atom stereocenters. The van der Waals surface area contributed by atoms with E-state index >= 15 is 0 Å². The molecule has 52 heavy (non-hydrogen) atoms. The summed E-state index contributed by atoms with van der Waals surface area (Å²) in [6.45, 7) is 0. The van der Waals surface area contributed by atoms with Crippen LogP contribution >= 0.6 is 0 Å². The lowest BCUT2D eigenvalue weighted by molar-refractivity contribution is 0.0687. The lowest BCUT2D eigenvalue weighted by atomic mass is 10.1. The number of hydrogen-bond acceptors (Lipinski definition) is 17. The van der Waals surface area contributed by atoms with Crippen LogP contribution < -0.4 is 35.8 Å². The number of phenols is 1. The molecule has 4 aromatic carbocycles. The van der Waals surface area contributed by atoms with Crippen LogP contribution in [0.1, 0.15) is 20.7 Å². The van der Waals surface area contributed by atoms with E-state index in [1.807, 2.05) is 0 Å². The maximum absolute atomic E-state index is 12.4. The summed E-state index contributed by atoms with van der Waals surface area (Å²) in [6.07, 6.45) is 0. The van der Waals surface area contributed by atoms with Crippen LogP contribution in [0.3, 0.4) is 0 Å². The van der Waals surface area contributed by atoms with E-state index in [-0.39, 0.29) is 47.1 Å². The Morgan fingerprint density at radius 3 is 1.79 bits per heavy atom. The van der Waals surface area contributed by atoms with Gasteiger partial charge in [0.25, 0.3) is 26.2 Å². The van der Waals surface area contributed by atoms with Crippen molar-refractivity contribution >= 4 is 65.7 Å². The van der Waals surface area contributed by atoms with Gasteiger partial charge in [0.15, 0.2) is 5.75 Å². The number of carboxylic acids is 2. The van der Waals surface area contributed by atoms with E-state index < -0.39 is 87.1 Å². The number of aromatic amines is 2. The molecule has 0 spiro atoms. The first-order chi connectivity index (χ1) is 22.5. The van der Waals surface area contributed by atoms with Crippen molar-refractivity contribution in [2.75, 3.05) is 0 Å². The summed E-state index contributed by atoms with van der Waals surface area (Å²) in [5, 5.41) is 47.0. The number of fused-ring (bicyclic) bond motifs is 1. The van der Waals surface area contributed by atoms with E-state index in [1.54, 1.807) is 0 Å². The fourth-order valence-corrected chi connectivity index (χ4v) is 5.50. The molecule has 23 nitrogen and oxygen atoms in total. The number of benzene rings is 4. The lowest BCUT2D eigenvalue weighted by Crippen LogP contribution is -2.26. The number of nitrogens with zero attached hydrogens (tertiary/aromatic N) is 5. The summed E-state index contributed by atoms with van der Waals surface area (Å²) < 4.78 is 68.7. The first kappa shape index (κ1) is 43.6. The molecule has 1 heterocycles. The number of H-pyrrole nitrogens is 2. The molecular formula is C27H31N11O12S2. The number of aromatic carboxylic acids is 2. The van der Waals surface area contributed by atoms with Crippen molar-refractivity contribution in [2.45, 2.75) is 9.79 Å². The number of carboxylic acid groups (broad SMARTS) is 2. The molecule has 0 fully saturated rings. The highest BCUT2D eigenvalue weighted by Gasteiger charge is 2.26. The van der Waals surface area contributed by atoms with Crippen molar-refractivity contribution in [3.05, 3.63) is 89.1 Å². The van der Waals surface area contributed by atoms with E-state index in [2.05, 4.69) is 35.2 Å². The smallest absolute Gasteiger partial charge is 0.337 e. The molecule has 1 aromatic heterocycles. The highest BCUT2D eigenvalue weighted by molar-refractivity contribution is 7.86. The van der Waals surface area contributed by atoms with Gasteiger partial charge in [0.2, 0.25) is 11.2 Å². The molecule has 0 radical (unpaired) electrons. The molecule has 0 saturated carbocycles. The monoisotopic (exact) mass is 765 g/mol. The summed E-state index contributed by atoms with van der Waals surface area (Å²) >= 11 is 0. The van der Waals surface area contributed by atoms with Crippen molar-refractivity contribution in [2.24, 2.45) is 20.2 Å². The third kappa shape index (κ3) is 9.21. The minimum absolute atomic E-state index is 0. The van der Waals surface area contributed by atoms with Crippen LogP contribution in [0.15, 0.2) is 96.7 Å². The van der Waals surface area contributed by atoms with Gasteiger partial charge < -0.3 is 45.0 Å². The molecule has 278 valence electrons. The van der Waals surface area contributed by atoms with Crippen molar-refractivity contribution in [1.29, 1.82) is 0 Å². The topological polar surface area (TPSA) is 458 Å². The Hall–Kier alpha value is -6.45. The van der Waals surface area contributed by atoms with Crippen LogP contribution in [0.5, 0.6) is 11.8 Å². The van der Waals surface area contributed by atoms with Crippen LogP contribution in [0.2, 0.25) is 0 Å². The van der Waals surface area contributed by atoms with E-state index in [4.69, 9.17) is 0 Å². The van der Waals surface area contributed by atoms with Crippen LogP contribution in [0.25, 0.3) is 10.8 Å². The Balaban J connectivity index is 0.00000338. The number of carbonyl (C=O) groups is 2. The Labute approximate surface area is 291 Å². The zero-order valence-corrected chi connectivity index (χ0v) is 28.0. The highest BCUT2D eigenvalue weighted by atomic mass is 32.2. The van der Waals surface area contributed by atoms with E-state index in [9.17, 15) is 56.0 Å². The zero-order valence-electron chi connectivity index (χ0n) is 26.4. The van der Waals surface area contributed by atoms with Gasteiger partial charge in [-0.2, -0.15) is 21.8 Å². The Bertz CT molecular complexity index is 2570. The fraction of sp³-hybridized carbons (Fsp3) is 0. The average Bonchev–Trinajstić information content (AvgIpc) is 2.99. The fourth-order valence-electron chi connectivity index (χ4n) is 4.31. The number of phenolic OH excluding ortho intramolecular Hbond substituents is 1. The Kier molecular flexibility index (Phi) is 13.8. The zero-order chi connectivity index (χ0) is 35.0. The van der Waals surface area contributed by atoms with Crippen LogP contribution in [-0.4, -0.2) is 73.3 Å². The number of para-hydroxylation sites is 1. The Morgan fingerprint density at radius 2 is 1.23 bits per heavy atom. The van der Waals surface area contributed by atoms with Gasteiger partial charge in [-0.25, -0.2) is 19.6 Å². The minimum atomic E-state index is -5.23. The lowest BCUT2D eigenvalue weighted by Gasteiger charge is -2.12. The van der Waals surface area contributed by atoms with Gasteiger partial charge in [0.1, 0.15) is 16.3 Å². The van der Waals surface area contributed by atoms with Crippen molar-refractivity contribution in [1.82, 2.24) is 39.6 Å². The maximum Gasteiger partial charge on any atom is 0.337 e. The van der Waals surface area contributed by atoms with E-state index in [0.29, 0.717) is 6.07 Å². The molecule has 0 aliphatic rings. The summed E-state index contributed by atoms with van der Waals surface area (Å²) in [4.78, 5) is 38.0. The number of hydrogen-bond donors (Lipinski definition) is 12. The van der Waals surface area contributed by atoms with Gasteiger partial charge in [-0.3, -0.25) is 19.1 Å². The maximum atomic E-state index is 12.4. The largest absolute Gasteiger partial charge is 0.505 e. The van der Waals surface area contributed by atoms with E-state index in [0.717, 1.165) is 12.1 Å².